The van der Waals surface area contributed by atoms with E-state index < -0.39 is 0 Å². The zero-order valence-corrected chi connectivity index (χ0v) is 11.2. The monoisotopic (exact) mass is 251 g/mol. The Kier molecular flexibility index (Phi) is 5.65. The second-order valence-electron chi connectivity index (χ2n) is 4.44. The first kappa shape index (κ1) is 14.5. The van der Waals surface area contributed by atoms with Crippen molar-refractivity contribution in [3.05, 3.63) is 24.3 Å². The maximum Gasteiger partial charge on any atom is 0.226 e. The molecule has 0 saturated heterocycles. The highest BCUT2D eigenvalue weighted by Crippen LogP contribution is 2.20. The number of hydrogen-bond acceptors (Lipinski definition) is 3. The molecule has 0 unspecified atom stereocenters. The van der Waals surface area contributed by atoms with E-state index in [0.717, 1.165) is 11.4 Å². The lowest BCUT2D eigenvalue weighted by Crippen LogP contribution is -2.26. The van der Waals surface area contributed by atoms with Gasteiger partial charge in [-0.3, -0.25) is 4.79 Å². The van der Waals surface area contributed by atoms with Crippen LogP contribution in [0.3, 0.4) is 0 Å². The molecule has 0 aliphatic heterocycles. The first-order valence-electron chi connectivity index (χ1n) is 6.18. The number of hydrogen-bond donors (Lipinski definition) is 1. The second-order valence-corrected chi connectivity index (χ2v) is 4.44. The molecule has 0 fully saturated rings. The fraction of sp³-hybridized carbons (Fsp3) is 0.500. The summed E-state index contributed by atoms with van der Waals surface area (Å²) in [5.41, 5.74) is 0.828. The van der Waals surface area contributed by atoms with Crippen molar-refractivity contribution in [3.63, 3.8) is 0 Å². The Morgan fingerprint density at radius 3 is 2.44 bits per heavy atom. The number of aliphatic hydroxyl groups is 1. The van der Waals surface area contributed by atoms with E-state index in [2.05, 4.69) is 0 Å². The fourth-order valence-electron chi connectivity index (χ4n) is 1.56. The SMILES string of the molecule is CC(C)Oc1ccc(N(C)C(=O)CCCO)cc1. The Hall–Kier alpha value is -1.55. The largest absolute Gasteiger partial charge is 0.491 e. The molecule has 0 radical (unpaired) electrons. The number of ether oxygens (including phenoxy) is 1. The van der Waals surface area contributed by atoms with Gasteiger partial charge in [-0.05, 0) is 44.5 Å². The van der Waals surface area contributed by atoms with Gasteiger partial charge in [0.2, 0.25) is 5.91 Å². The van der Waals surface area contributed by atoms with Crippen molar-refractivity contribution in [2.24, 2.45) is 0 Å². The molecule has 1 N–H and O–H groups in total. The molecular formula is C14H21NO3. The average molecular weight is 251 g/mol. The third kappa shape index (κ3) is 4.37. The van der Waals surface area contributed by atoms with E-state index in [1.807, 2.05) is 38.1 Å². The Labute approximate surface area is 108 Å². The summed E-state index contributed by atoms with van der Waals surface area (Å²) in [4.78, 5) is 13.3. The first-order valence-corrected chi connectivity index (χ1v) is 6.18. The van der Waals surface area contributed by atoms with Crippen molar-refractivity contribution in [3.8, 4) is 5.75 Å². The molecule has 0 aliphatic carbocycles. The van der Waals surface area contributed by atoms with Gasteiger partial charge >= 0.3 is 0 Å². The standard InChI is InChI=1S/C14H21NO3/c1-11(2)18-13-8-6-12(7-9-13)15(3)14(17)5-4-10-16/h6-9,11,16H,4-5,10H2,1-3H3. The molecule has 1 aromatic rings. The van der Waals surface area contributed by atoms with Crippen LogP contribution in [0.15, 0.2) is 24.3 Å². The minimum atomic E-state index is 0.00146. The van der Waals surface area contributed by atoms with Crippen molar-refractivity contribution >= 4 is 11.6 Å². The fourth-order valence-corrected chi connectivity index (χ4v) is 1.56. The lowest BCUT2D eigenvalue weighted by Gasteiger charge is -2.18. The smallest absolute Gasteiger partial charge is 0.226 e. The normalized spacial score (nSPS) is 10.5. The van der Waals surface area contributed by atoms with E-state index in [1.54, 1.807) is 11.9 Å². The molecule has 100 valence electrons. The van der Waals surface area contributed by atoms with Crippen molar-refractivity contribution in [2.75, 3.05) is 18.6 Å². The van der Waals surface area contributed by atoms with Crippen LogP contribution in [0, 0.1) is 0 Å². The van der Waals surface area contributed by atoms with Crippen LogP contribution in [-0.2, 0) is 4.79 Å². The zero-order chi connectivity index (χ0) is 13.5. The van der Waals surface area contributed by atoms with Gasteiger partial charge in [-0.25, -0.2) is 0 Å². The average Bonchev–Trinajstić information content (AvgIpc) is 2.35. The van der Waals surface area contributed by atoms with Gasteiger partial charge in [-0.2, -0.15) is 0 Å². The maximum atomic E-state index is 11.7. The van der Waals surface area contributed by atoms with Gasteiger partial charge in [0.25, 0.3) is 0 Å². The predicted octanol–water partition coefficient (Wildman–Crippen LogP) is 2.21. The van der Waals surface area contributed by atoms with E-state index in [4.69, 9.17) is 9.84 Å². The molecule has 0 saturated carbocycles. The predicted molar refractivity (Wildman–Crippen MR) is 71.9 cm³/mol. The Balaban J connectivity index is 2.63. The number of anilines is 1. The van der Waals surface area contributed by atoms with Gasteiger partial charge in [0.15, 0.2) is 0 Å². The second kappa shape index (κ2) is 7.01. The summed E-state index contributed by atoms with van der Waals surface area (Å²) < 4.78 is 5.54. The molecule has 0 aliphatic rings. The molecule has 1 rings (SSSR count). The minimum Gasteiger partial charge on any atom is -0.491 e. The zero-order valence-electron chi connectivity index (χ0n) is 11.2. The highest BCUT2D eigenvalue weighted by Gasteiger charge is 2.10. The van der Waals surface area contributed by atoms with Crippen LogP contribution in [0.4, 0.5) is 5.69 Å². The van der Waals surface area contributed by atoms with E-state index in [1.165, 1.54) is 0 Å². The molecule has 0 bridgehead atoms. The number of nitrogens with zero attached hydrogens (tertiary/aromatic N) is 1. The number of carbonyl (C=O) groups is 1. The van der Waals surface area contributed by atoms with Crippen LogP contribution in [0.5, 0.6) is 5.75 Å². The Bertz CT molecular complexity index is 373. The van der Waals surface area contributed by atoms with Crippen LogP contribution in [-0.4, -0.2) is 30.8 Å². The highest BCUT2D eigenvalue weighted by atomic mass is 16.5. The lowest BCUT2D eigenvalue weighted by atomic mass is 10.2. The molecule has 0 spiro atoms. The summed E-state index contributed by atoms with van der Waals surface area (Å²) in [5, 5.41) is 8.70. The molecule has 1 amide bonds. The molecule has 0 atom stereocenters. The van der Waals surface area contributed by atoms with Gasteiger partial charge in [0, 0.05) is 25.8 Å². The lowest BCUT2D eigenvalue weighted by molar-refractivity contribution is -0.118. The number of carbonyl (C=O) groups excluding carboxylic acids is 1. The molecule has 4 heteroatoms. The summed E-state index contributed by atoms with van der Waals surface area (Å²) in [6.07, 6.45) is 0.995. The summed E-state index contributed by atoms with van der Waals surface area (Å²) in [6.45, 7) is 3.98. The molecule has 18 heavy (non-hydrogen) atoms. The van der Waals surface area contributed by atoms with E-state index in [-0.39, 0.29) is 18.6 Å². The maximum absolute atomic E-state index is 11.7. The Morgan fingerprint density at radius 2 is 1.94 bits per heavy atom. The van der Waals surface area contributed by atoms with E-state index in [0.29, 0.717) is 12.8 Å². The topological polar surface area (TPSA) is 49.8 Å². The number of amides is 1. The van der Waals surface area contributed by atoms with Crippen LogP contribution in [0.2, 0.25) is 0 Å². The highest BCUT2D eigenvalue weighted by molar-refractivity contribution is 5.92. The van der Waals surface area contributed by atoms with Crippen molar-refractivity contribution < 1.29 is 14.6 Å². The van der Waals surface area contributed by atoms with Crippen LogP contribution in [0.1, 0.15) is 26.7 Å². The molecule has 1 aromatic carbocycles. The number of rotatable bonds is 6. The van der Waals surface area contributed by atoms with Gasteiger partial charge in [0.05, 0.1) is 6.10 Å². The number of aliphatic hydroxyl groups excluding tert-OH is 1. The number of benzene rings is 1. The van der Waals surface area contributed by atoms with Crippen molar-refractivity contribution in [1.29, 1.82) is 0 Å². The van der Waals surface area contributed by atoms with Crippen LogP contribution < -0.4 is 9.64 Å². The van der Waals surface area contributed by atoms with Crippen LogP contribution >= 0.6 is 0 Å². The van der Waals surface area contributed by atoms with Crippen molar-refractivity contribution in [1.82, 2.24) is 0 Å². The van der Waals surface area contributed by atoms with Gasteiger partial charge in [0.1, 0.15) is 5.75 Å². The van der Waals surface area contributed by atoms with E-state index >= 15 is 0 Å². The van der Waals surface area contributed by atoms with Crippen molar-refractivity contribution in [2.45, 2.75) is 32.8 Å². The summed E-state index contributed by atoms with van der Waals surface area (Å²) in [5.74, 6) is 0.798. The molecule has 0 aromatic heterocycles. The van der Waals surface area contributed by atoms with Gasteiger partial charge in [-0.1, -0.05) is 0 Å². The van der Waals surface area contributed by atoms with Gasteiger partial charge < -0.3 is 14.7 Å². The molecule has 4 nitrogen and oxygen atoms in total. The third-order valence-corrected chi connectivity index (χ3v) is 2.52. The van der Waals surface area contributed by atoms with Gasteiger partial charge in [-0.15, -0.1) is 0 Å². The molecular weight excluding hydrogens is 230 g/mol. The summed E-state index contributed by atoms with van der Waals surface area (Å²) in [6, 6.07) is 7.42. The minimum absolute atomic E-state index is 0.00146. The van der Waals surface area contributed by atoms with Crippen LogP contribution in [0.25, 0.3) is 0 Å². The molecule has 0 heterocycles. The van der Waals surface area contributed by atoms with E-state index in [9.17, 15) is 4.79 Å². The quantitative estimate of drug-likeness (QED) is 0.843. The Morgan fingerprint density at radius 1 is 1.33 bits per heavy atom. The first-order chi connectivity index (χ1) is 8.54. The third-order valence-electron chi connectivity index (χ3n) is 2.52. The summed E-state index contributed by atoms with van der Waals surface area (Å²) in [7, 11) is 1.73. The summed E-state index contributed by atoms with van der Waals surface area (Å²) >= 11 is 0.